The van der Waals surface area contributed by atoms with Crippen molar-refractivity contribution < 1.29 is 34.8 Å². The van der Waals surface area contributed by atoms with Crippen LogP contribution in [0.5, 0.6) is 5.75 Å². The fourth-order valence-corrected chi connectivity index (χ4v) is 7.00. The number of phenolic OH excluding ortho intramolecular Hbond substituents is 1. The molecule has 3 aliphatic carbocycles. The van der Waals surface area contributed by atoms with Crippen LogP contribution in [0, 0.1) is 18.8 Å². The third-order valence-electron chi connectivity index (χ3n) is 7.60. The normalized spacial score (nSPS) is 27.8. The van der Waals surface area contributed by atoms with Crippen molar-refractivity contribution in [3.05, 3.63) is 57.2 Å². The summed E-state index contributed by atoms with van der Waals surface area (Å²) in [4.78, 5) is 41.5. The number of carbonyl (C=O) groups excluding carboxylic acids is 3. The lowest BCUT2D eigenvalue weighted by Gasteiger charge is -2.50. The molecule has 1 aromatic heterocycles. The van der Waals surface area contributed by atoms with E-state index in [1.807, 2.05) is 18.4 Å². The van der Waals surface area contributed by atoms with Crippen molar-refractivity contribution in [2.45, 2.75) is 31.4 Å². The van der Waals surface area contributed by atoms with Crippen LogP contribution in [-0.2, 0) is 20.8 Å². The van der Waals surface area contributed by atoms with Gasteiger partial charge in [-0.05, 0) is 80.0 Å². The van der Waals surface area contributed by atoms with E-state index in [9.17, 15) is 34.8 Å². The highest BCUT2D eigenvalue weighted by atomic mass is 32.1. The fraction of sp³-hybridized carbons (Fsp3) is 0.346. The highest BCUT2D eigenvalue weighted by molar-refractivity contribution is 7.13. The molecule has 0 saturated heterocycles. The van der Waals surface area contributed by atoms with Crippen molar-refractivity contribution in [3.8, 4) is 16.2 Å². The number of carbonyl (C=O) groups is 3. The van der Waals surface area contributed by atoms with E-state index in [4.69, 9.17) is 5.73 Å². The summed E-state index contributed by atoms with van der Waals surface area (Å²) in [7, 11) is 3.14. The van der Waals surface area contributed by atoms with E-state index in [0.29, 0.717) is 5.56 Å². The maximum absolute atomic E-state index is 13.8. The van der Waals surface area contributed by atoms with Crippen molar-refractivity contribution in [3.63, 3.8) is 0 Å². The van der Waals surface area contributed by atoms with Gasteiger partial charge >= 0.3 is 0 Å². The van der Waals surface area contributed by atoms with Crippen molar-refractivity contribution >= 4 is 34.6 Å². The van der Waals surface area contributed by atoms with Gasteiger partial charge < -0.3 is 26.2 Å². The molecule has 0 spiro atoms. The SMILES string of the molecule is Cc1csc(-c2ccc(O)c3c2C[C@@H]2C[C@@H]4[C@@H](N(C)C)C(=O)C(C(N)=O)=C(O)[C@]4(O)C(=O)C2=C3O)c1. The third-order valence-corrected chi connectivity index (χ3v) is 8.68. The smallest absolute Gasteiger partial charge is 0.255 e. The van der Waals surface area contributed by atoms with Gasteiger partial charge in [0.15, 0.2) is 11.4 Å². The number of likely N-dealkylation sites (N-methyl/N-ethyl adjacent to an activating group) is 1. The number of fused-ring (bicyclic) bond motifs is 3. The Balaban J connectivity index is 1.75. The minimum Gasteiger partial charge on any atom is -0.508 e. The first-order valence-electron chi connectivity index (χ1n) is 11.4. The van der Waals surface area contributed by atoms with Crippen LogP contribution in [0.25, 0.3) is 16.2 Å². The first kappa shape index (κ1) is 24.2. The molecular weight excluding hydrogens is 484 g/mol. The molecule has 1 saturated carbocycles. The lowest BCUT2D eigenvalue weighted by molar-refractivity contribution is -0.153. The molecule has 2 aromatic rings. The predicted octanol–water partition coefficient (Wildman–Crippen LogP) is 2.00. The van der Waals surface area contributed by atoms with Crippen LogP contribution in [0.4, 0.5) is 0 Å². The molecule has 0 radical (unpaired) electrons. The molecule has 188 valence electrons. The Morgan fingerprint density at radius 3 is 2.47 bits per heavy atom. The van der Waals surface area contributed by atoms with Gasteiger partial charge in [-0.3, -0.25) is 19.3 Å². The molecule has 0 aliphatic heterocycles. The van der Waals surface area contributed by atoms with Gasteiger partial charge in [0.25, 0.3) is 5.91 Å². The number of thiophene rings is 1. The Morgan fingerprint density at radius 1 is 1.19 bits per heavy atom. The van der Waals surface area contributed by atoms with E-state index >= 15 is 0 Å². The minimum absolute atomic E-state index is 0.0598. The zero-order valence-electron chi connectivity index (χ0n) is 19.9. The molecular formula is C26H26N2O7S. The van der Waals surface area contributed by atoms with Crippen LogP contribution in [0.1, 0.15) is 23.1 Å². The maximum atomic E-state index is 13.8. The molecule has 5 rings (SSSR count). The molecule has 10 heteroatoms. The second-order valence-corrected chi connectivity index (χ2v) is 10.8. The van der Waals surface area contributed by atoms with E-state index in [0.717, 1.165) is 16.0 Å². The second-order valence-electron chi connectivity index (χ2n) is 9.94. The first-order chi connectivity index (χ1) is 16.9. The monoisotopic (exact) mass is 510 g/mol. The number of hydrogen-bond acceptors (Lipinski definition) is 9. The highest BCUT2D eigenvalue weighted by Crippen LogP contribution is 2.53. The van der Waals surface area contributed by atoms with Gasteiger partial charge in [0, 0.05) is 16.4 Å². The predicted molar refractivity (Wildman–Crippen MR) is 132 cm³/mol. The Kier molecular flexibility index (Phi) is 5.40. The van der Waals surface area contributed by atoms with Crippen molar-refractivity contribution in [1.29, 1.82) is 0 Å². The van der Waals surface area contributed by atoms with Crippen molar-refractivity contribution in [2.24, 2.45) is 17.6 Å². The number of rotatable bonds is 3. The Labute approximate surface area is 210 Å². The third kappa shape index (κ3) is 3.11. The molecule has 0 unspecified atom stereocenters. The highest BCUT2D eigenvalue weighted by Gasteiger charge is 2.64. The molecule has 4 atom stereocenters. The summed E-state index contributed by atoms with van der Waals surface area (Å²) in [6.45, 7) is 1.96. The molecule has 36 heavy (non-hydrogen) atoms. The zero-order valence-corrected chi connectivity index (χ0v) is 20.7. The first-order valence-corrected chi connectivity index (χ1v) is 12.3. The minimum atomic E-state index is -2.64. The summed E-state index contributed by atoms with van der Waals surface area (Å²) in [5.74, 6) is -6.55. The number of aromatic hydroxyl groups is 1. The number of aliphatic hydroxyl groups excluding tert-OH is 2. The standard InChI is InChI=1S/C26H26N2O7S/c1-10-6-16(36-9-10)12-4-5-15(29)18-13(12)7-11-8-14-20(28(2)3)22(31)19(25(27)34)24(33)26(14,35)23(32)17(11)21(18)30/h4-6,9,11,14,20,29-30,33,35H,7-8H2,1-3H3,(H2,27,34)/t11-,14-,20-,26-/m1/s1. The number of phenols is 1. The van der Waals surface area contributed by atoms with Crippen LogP contribution in [0.3, 0.4) is 0 Å². The van der Waals surface area contributed by atoms with Gasteiger partial charge in [-0.15, -0.1) is 11.3 Å². The largest absolute Gasteiger partial charge is 0.508 e. The number of aryl methyl sites for hydroxylation is 1. The summed E-state index contributed by atoms with van der Waals surface area (Å²) in [6, 6.07) is 4.09. The number of nitrogens with two attached hydrogens (primary N) is 1. The summed E-state index contributed by atoms with van der Waals surface area (Å²) in [5, 5.41) is 46.5. The summed E-state index contributed by atoms with van der Waals surface area (Å²) in [6.07, 6.45) is 0.319. The van der Waals surface area contributed by atoms with Crippen LogP contribution in [0.2, 0.25) is 0 Å². The summed E-state index contributed by atoms with van der Waals surface area (Å²) in [5.41, 5.74) is 4.34. The van der Waals surface area contributed by atoms with Crippen molar-refractivity contribution in [1.82, 2.24) is 4.90 Å². The average Bonchev–Trinajstić information content (AvgIpc) is 3.22. The Bertz CT molecular complexity index is 1420. The van der Waals surface area contributed by atoms with Crippen LogP contribution in [-0.4, -0.2) is 68.5 Å². The van der Waals surface area contributed by atoms with Gasteiger partial charge in [-0.2, -0.15) is 0 Å². The molecule has 0 bridgehead atoms. The van der Waals surface area contributed by atoms with Gasteiger partial charge in [0.1, 0.15) is 22.8 Å². The summed E-state index contributed by atoms with van der Waals surface area (Å²) >= 11 is 1.52. The molecule has 1 heterocycles. The molecule has 1 fully saturated rings. The quantitative estimate of drug-likeness (QED) is 0.392. The fourth-order valence-electron chi connectivity index (χ4n) is 6.05. The number of amides is 1. The van der Waals surface area contributed by atoms with Gasteiger partial charge in [-0.1, -0.05) is 0 Å². The number of primary amides is 1. The number of benzene rings is 1. The molecule has 6 N–H and O–H groups in total. The van der Waals surface area contributed by atoms with Crippen molar-refractivity contribution in [2.75, 3.05) is 14.1 Å². The molecule has 1 aromatic carbocycles. The topological polar surface area (TPSA) is 161 Å². The van der Waals surface area contributed by atoms with E-state index < -0.39 is 58.0 Å². The number of Topliss-reactive ketones (excluding diaryl/α,β-unsaturated/α-hetero) is 2. The number of nitrogens with zero attached hydrogens (tertiary/aromatic N) is 1. The maximum Gasteiger partial charge on any atom is 0.255 e. The van der Waals surface area contributed by atoms with Gasteiger partial charge in [0.05, 0.1) is 11.6 Å². The van der Waals surface area contributed by atoms with Crippen LogP contribution < -0.4 is 5.73 Å². The Morgan fingerprint density at radius 2 is 1.89 bits per heavy atom. The van der Waals surface area contributed by atoms with Crippen LogP contribution in [0.15, 0.2) is 40.5 Å². The number of ketones is 2. The Hall–Kier alpha value is -3.47. The van der Waals surface area contributed by atoms with E-state index in [2.05, 4.69) is 0 Å². The van der Waals surface area contributed by atoms with Gasteiger partial charge in [0.2, 0.25) is 5.78 Å². The van der Waals surface area contributed by atoms with Crippen LogP contribution >= 0.6 is 11.3 Å². The van der Waals surface area contributed by atoms with Gasteiger partial charge in [-0.25, -0.2) is 0 Å². The lowest BCUT2D eigenvalue weighted by Crippen LogP contribution is -2.65. The molecule has 9 nitrogen and oxygen atoms in total. The average molecular weight is 511 g/mol. The van der Waals surface area contributed by atoms with E-state index in [1.165, 1.54) is 22.3 Å². The van der Waals surface area contributed by atoms with E-state index in [1.54, 1.807) is 20.2 Å². The molecule has 1 amide bonds. The van der Waals surface area contributed by atoms with E-state index in [-0.39, 0.29) is 29.7 Å². The lowest BCUT2D eigenvalue weighted by atomic mass is 9.57. The number of aliphatic hydroxyl groups is 3. The zero-order chi connectivity index (χ0) is 26.3. The second kappa shape index (κ2) is 8.02. The number of hydrogen-bond donors (Lipinski definition) is 5. The molecule has 3 aliphatic rings. The summed E-state index contributed by atoms with van der Waals surface area (Å²) < 4.78 is 0.